The lowest BCUT2D eigenvalue weighted by molar-refractivity contribution is -0.132. The van der Waals surface area contributed by atoms with E-state index in [-0.39, 0.29) is 5.91 Å². The maximum absolute atomic E-state index is 12.3. The van der Waals surface area contributed by atoms with Crippen LogP contribution in [0.15, 0.2) is 29.8 Å². The van der Waals surface area contributed by atoms with Gasteiger partial charge in [0.25, 0.3) is 0 Å². The molecule has 0 bridgehead atoms. The second-order valence-corrected chi connectivity index (χ2v) is 6.08. The lowest BCUT2D eigenvalue weighted by Crippen LogP contribution is -2.47. The van der Waals surface area contributed by atoms with Gasteiger partial charge in [-0.3, -0.25) is 9.78 Å². The molecule has 110 valence electrons. The van der Waals surface area contributed by atoms with Crippen LogP contribution in [0.3, 0.4) is 0 Å². The van der Waals surface area contributed by atoms with E-state index in [1.54, 1.807) is 6.20 Å². The summed E-state index contributed by atoms with van der Waals surface area (Å²) < 4.78 is 0. The Morgan fingerprint density at radius 2 is 2.10 bits per heavy atom. The Morgan fingerprint density at radius 1 is 1.29 bits per heavy atom. The summed E-state index contributed by atoms with van der Waals surface area (Å²) in [5.41, 5.74) is 1.70. The lowest BCUT2D eigenvalue weighted by Gasteiger charge is -2.32. The highest BCUT2D eigenvalue weighted by Crippen LogP contribution is 2.21. The molecule has 5 nitrogen and oxygen atoms in total. The van der Waals surface area contributed by atoms with Crippen LogP contribution in [0.25, 0.3) is 10.7 Å². The second kappa shape index (κ2) is 6.32. The molecule has 0 radical (unpaired) electrons. The number of carbonyl (C=O) groups excluding carboxylic acids is 1. The first-order valence-electron chi connectivity index (χ1n) is 7.04. The van der Waals surface area contributed by atoms with Gasteiger partial charge in [0.15, 0.2) is 0 Å². The summed E-state index contributed by atoms with van der Waals surface area (Å²) in [6.07, 6.45) is 2.14. The van der Waals surface area contributed by atoms with E-state index >= 15 is 0 Å². The minimum absolute atomic E-state index is 0.168. The first kappa shape index (κ1) is 14.2. The molecule has 0 saturated carbocycles. The van der Waals surface area contributed by atoms with Crippen LogP contribution in [0.5, 0.6) is 0 Å². The molecular weight excluding hydrogens is 284 g/mol. The number of pyridine rings is 1. The van der Waals surface area contributed by atoms with Crippen molar-refractivity contribution in [1.29, 1.82) is 0 Å². The van der Waals surface area contributed by atoms with Crippen molar-refractivity contribution >= 4 is 17.2 Å². The van der Waals surface area contributed by atoms with E-state index in [0.29, 0.717) is 6.42 Å². The quantitative estimate of drug-likeness (QED) is 0.862. The number of carbonyl (C=O) groups is 1. The van der Waals surface area contributed by atoms with Crippen molar-refractivity contribution in [2.24, 2.45) is 0 Å². The Morgan fingerprint density at radius 3 is 2.81 bits per heavy atom. The van der Waals surface area contributed by atoms with Gasteiger partial charge in [-0.25, -0.2) is 4.98 Å². The third-order valence-corrected chi connectivity index (χ3v) is 4.54. The van der Waals surface area contributed by atoms with Crippen LogP contribution >= 0.6 is 11.3 Å². The number of likely N-dealkylation sites (N-methyl/N-ethyl adjacent to an activating group) is 1. The van der Waals surface area contributed by atoms with Gasteiger partial charge in [-0.05, 0) is 19.2 Å². The number of nitrogens with zero attached hydrogens (tertiary/aromatic N) is 4. The summed E-state index contributed by atoms with van der Waals surface area (Å²) in [6.45, 7) is 3.52. The van der Waals surface area contributed by atoms with Crippen LogP contribution in [0.4, 0.5) is 0 Å². The Balaban J connectivity index is 1.63. The number of hydrogen-bond acceptors (Lipinski definition) is 5. The minimum atomic E-state index is 0.168. The normalized spacial score (nSPS) is 16.1. The van der Waals surface area contributed by atoms with Crippen LogP contribution < -0.4 is 0 Å². The highest BCUT2D eigenvalue weighted by atomic mass is 32.1. The van der Waals surface area contributed by atoms with E-state index in [0.717, 1.165) is 42.6 Å². The van der Waals surface area contributed by atoms with Gasteiger partial charge in [-0.15, -0.1) is 11.3 Å². The molecule has 1 fully saturated rings. The van der Waals surface area contributed by atoms with Crippen molar-refractivity contribution in [3.05, 3.63) is 35.5 Å². The molecule has 1 aliphatic rings. The first-order chi connectivity index (χ1) is 10.2. The molecule has 2 aromatic rings. The number of thiazole rings is 1. The maximum Gasteiger partial charge on any atom is 0.228 e. The number of amides is 1. The summed E-state index contributed by atoms with van der Waals surface area (Å²) in [7, 11) is 2.08. The van der Waals surface area contributed by atoms with E-state index in [1.165, 1.54) is 11.3 Å². The second-order valence-electron chi connectivity index (χ2n) is 5.22. The molecule has 0 spiro atoms. The fourth-order valence-corrected chi connectivity index (χ4v) is 3.11. The number of aromatic nitrogens is 2. The highest BCUT2D eigenvalue weighted by molar-refractivity contribution is 7.13. The minimum Gasteiger partial charge on any atom is -0.340 e. The number of hydrogen-bond donors (Lipinski definition) is 0. The van der Waals surface area contributed by atoms with Gasteiger partial charge < -0.3 is 9.80 Å². The largest absolute Gasteiger partial charge is 0.340 e. The molecule has 1 amide bonds. The molecule has 6 heteroatoms. The molecule has 3 heterocycles. The molecule has 1 aliphatic heterocycles. The van der Waals surface area contributed by atoms with E-state index < -0.39 is 0 Å². The van der Waals surface area contributed by atoms with Crippen molar-refractivity contribution in [2.75, 3.05) is 33.2 Å². The number of piperazine rings is 1. The summed E-state index contributed by atoms with van der Waals surface area (Å²) in [6, 6.07) is 5.76. The van der Waals surface area contributed by atoms with Crippen molar-refractivity contribution in [2.45, 2.75) is 6.42 Å². The third kappa shape index (κ3) is 3.46. The van der Waals surface area contributed by atoms with Crippen LogP contribution in [0, 0.1) is 0 Å². The van der Waals surface area contributed by atoms with Gasteiger partial charge in [-0.1, -0.05) is 6.07 Å². The van der Waals surface area contributed by atoms with Crippen molar-refractivity contribution < 1.29 is 4.79 Å². The summed E-state index contributed by atoms with van der Waals surface area (Å²) >= 11 is 1.54. The standard InChI is InChI=1S/C15H18N4OS/c1-18-6-8-19(9-7-18)14(20)10-12-11-21-15(17-12)13-4-2-3-5-16-13/h2-5,11H,6-10H2,1H3. The van der Waals surface area contributed by atoms with Gasteiger partial charge in [0.2, 0.25) is 5.91 Å². The topological polar surface area (TPSA) is 49.3 Å². The Hall–Kier alpha value is -1.79. The van der Waals surface area contributed by atoms with Crippen molar-refractivity contribution in [3.8, 4) is 10.7 Å². The zero-order valence-electron chi connectivity index (χ0n) is 12.0. The van der Waals surface area contributed by atoms with Crippen molar-refractivity contribution in [1.82, 2.24) is 19.8 Å². The zero-order chi connectivity index (χ0) is 14.7. The van der Waals surface area contributed by atoms with Crippen LogP contribution in [-0.4, -0.2) is 58.9 Å². The number of rotatable bonds is 3. The van der Waals surface area contributed by atoms with Crippen LogP contribution in [0.2, 0.25) is 0 Å². The molecule has 0 aliphatic carbocycles. The molecule has 3 rings (SSSR count). The third-order valence-electron chi connectivity index (χ3n) is 3.62. The predicted molar refractivity (Wildman–Crippen MR) is 83.1 cm³/mol. The Labute approximate surface area is 128 Å². The molecular formula is C15H18N4OS. The summed E-state index contributed by atoms with van der Waals surface area (Å²) in [5, 5.41) is 2.83. The average Bonchev–Trinajstić information content (AvgIpc) is 2.97. The van der Waals surface area contributed by atoms with Gasteiger partial charge in [0, 0.05) is 37.8 Å². The average molecular weight is 302 g/mol. The van der Waals surface area contributed by atoms with E-state index in [1.807, 2.05) is 28.5 Å². The molecule has 0 aromatic carbocycles. The first-order valence-corrected chi connectivity index (χ1v) is 7.92. The molecule has 0 unspecified atom stereocenters. The van der Waals surface area contributed by atoms with Crippen LogP contribution in [-0.2, 0) is 11.2 Å². The van der Waals surface area contributed by atoms with Gasteiger partial charge in [-0.2, -0.15) is 0 Å². The van der Waals surface area contributed by atoms with Gasteiger partial charge in [0.05, 0.1) is 17.8 Å². The monoisotopic (exact) mass is 302 g/mol. The van der Waals surface area contributed by atoms with E-state index in [4.69, 9.17) is 0 Å². The molecule has 21 heavy (non-hydrogen) atoms. The molecule has 1 saturated heterocycles. The Kier molecular flexibility index (Phi) is 4.26. The van der Waals surface area contributed by atoms with Crippen molar-refractivity contribution in [3.63, 3.8) is 0 Å². The summed E-state index contributed by atoms with van der Waals surface area (Å²) in [4.78, 5) is 25.3. The van der Waals surface area contributed by atoms with Gasteiger partial charge in [0.1, 0.15) is 5.01 Å². The smallest absolute Gasteiger partial charge is 0.228 e. The maximum atomic E-state index is 12.3. The SMILES string of the molecule is CN1CCN(C(=O)Cc2csc(-c3ccccn3)n2)CC1. The molecule has 0 N–H and O–H groups in total. The predicted octanol–water partition coefficient (Wildman–Crippen LogP) is 1.52. The van der Waals surface area contributed by atoms with E-state index in [9.17, 15) is 4.79 Å². The molecule has 0 atom stereocenters. The molecule has 2 aromatic heterocycles. The fraction of sp³-hybridized carbons (Fsp3) is 0.400. The summed E-state index contributed by atoms with van der Waals surface area (Å²) in [5.74, 6) is 0.168. The van der Waals surface area contributed by atoms with Crippen LogP contribution in [0.1, 0.15) is 5.69 Å². The van der Waals surface area contributed by atoms with Gasteiger partial charge >= 0.3 is 0 Å². The fourth-order valence-electron chi connectivity index (χ4n) is 2.32. The zero-order valence-corrected chi connectivity index (χ0v) is 12.8. The highest BCUT2D eigenvalue weighted by Gasteiger charge is 2.20. The Bertz CT molecular complexity index is 605. The lowest BCUT2D eigenvalue weighted by atomic mass is 10.2. The van der Waals surface area contributed by atoms with E-state index in [2.05, 4.69) is 21.9 Å².